The SMILES string of the molecule is CCN(C)S(=O)(=O)Nc1ccc(F)c(C(=O)c2c[nH]c3ncc(-c4cnc(N5CCN(C(=O)CC6CCN(c7ccc(NC8CCC(=O)NC8=O)cc7F)C6)CC5)nc4)cc23)c1F. The van der Waals surface area contributed by atoms with E-state index in [-0.39, 0.29) is 47.3 Å². The summed E-state index contributed by atoms with van der Waals surface area (Å²) in [4.78, 5) is 72.6. The molecular formula is C42H44F3N11O6S. The first kappa shape index (κ1) is 43.1. The number of piperazine rings is 1. The molecule has 330 valence electrons. The molecule has 2 unspecified atom stereocenters. The van der Waals surface area contributed by atoms with Crippen molar-refractivity contribution in [2.45, 2.75) is 38.6 Å². The van der Waals surface area contributed by atoms with Crippen molar-refractivity contribution >= 4 is 67.8 Å². The number of aromatic amines is 1. The molecule has 6 heterocycles. The zero-order chi connectivity index (χ0) is 44.6. The lowest BCUT2D eigenvalue weighted by molar-refractivity contribution is -0.134. The highest BCUT2D eigenvalue weighted by atomic mass is 32.2. The number of anilines is 4. The lowest BCUT2D eigenvalue weighted by Gasteiger charge is -2.35. The predicted molar refractivity (Wildman–Crippen MR) is 228 cm³/mol. The van der Waals surface area contributed by atoms with E-state index in [9.17, 15) is 27.6 Å². The van der Waals surface area contributed by atoms with Crippen LogP contribution in [0.3, 0.4) is 0 Å². The Morgan fingerprint density at radius 3 is 2.37 bits per heavy atom. The summed E-state index contributed by atoms with van der Waals surface area (Å²) in [6.45, 7) is 4.73. The Morgan fingerprint density at radius 1 is 0.905 bits per heavy atom. The largest absolute Gasteiger partial charge is 0.374 e. The van der Waals surface area contributed by atoms with Gasteiger partial charge in [0, 0.05) is 118 Å². The Balaban J connectivity index is 0.857. The van der Waals surface area contributed by atoms with Crippen LogP contribution in [-0.4, -0.2) is 120 Å². The van der Waals surface area contributed by atoms with Gasteiger partial charge in [-0.1, -0.05) is 6.92 Å². The van der Waals surface area contributed by atoms with Gasteiger partial charge < -0.3 is 25.0 Å². The maximum atomic E-state index is 15.6. The van der Waals surface area contributed by atoms with Crippen LogP contribution in [0.4, 0.5) is 36.2 Å². The second-order valence-corrected chi connectivity index (χ2v) is 17.5. The minimum absolute atomic E-state index is 0.0233. The third kappa shape index (κ3) is 9.01. The predicted octanol–water partition coefficient (Wildman–Crippen LogP) is 4.06. The van der Waals surface area contributed by atoms with Gasteiger partial charge in [0.25, 0.3) is 0 Å². The highest BCUT2D eigenvalue weighted by molar-refractivity contribution is 7.90. The van der Waals surface area contributed by atoms with Crippen molar-refractivity contribution in [3.63, 3.8) is 0 Å². The Kier molecular flexibility index (Phi) is 12.1. The van der Waals surface area contributed by atoms with Gasteiger partial charge in [-0.2, -0.15) is 12.7 Å². The second kappa shape index (κ2) is 17.6. The van der Waals surface area contributed by atoms with Crippen molar-refractivity contribution in [2.24, 2.45) is 5.92 Å². The highest BCUT2D eigenvalue weighted by Crippen LogP contribution is 2.32. The van der Waals surface area contributed by atoms with Crippen molar-refractivity contribution < 1.29 is 40.8 Å². The summed E-state index contributed by atoms with van der Waals surface area (Å²) >= 11 is 0. The number of imide groups is 1. The Bertz CT molecular complexity index is 2710. The number of pyridine rings is 1. The first-order valence-electron chi connectivity index (χ1n) is 20.4. The number of halogens is 3. The van der Waals surface area contributed by atoms with Crippen LogP contribution in [0.25, 0.3) is 22.2 Å². The van der Waals surface area contributed by atoms with Crippen LogP contribution >= 0.6 is 0 Å². The topological polar surface area (TPSA) is 206 Å². The van der Waals surface area contributed by atoms with Crippen molar-refractivity contribution in [2.75, 3.05) is 72.7 Å². The number of H-pyrrole nitrogens is 1. The maximum Gasteiger partial charge on any atom is 0.301 e. The fourth-order valence-corrected chi connectivity index (χ4v) is 8.91. The van der Waals surface area contributed by atoms with Crippen LogP contribution in [0.1, 0.15) is 48.5 Å². The monoisotopic (exact) mass is 887 g/mol. The molecule has 3 aliphatic heterocycles. The fraction of sp³-hybridized carbons (Fsp3) is 0.357. The molecule has 3 saturated heterocycles. The van der Waals surface area contributed by atoms with Crippen LogP contribution in [0, 0.1) is 23.4 Å². The van der Waals surface area contributed by atoms with E-state index >= 15 is 13.2 Å². The average molecular weight is 888 g/mol. The molecule has 3 amide bonds. The number of aromatic nitrogens is 4. The summed E-state index contributed by atoms with van der Waals surface area (Å²) in [5, 5.41) is 5.55. The summed E-state index contributed by atoms with van der Waals surface area (Å²) in [6.07, 6.45) is 7.62. The molecule has 0 saturated carbocycles. The molecule has 0 spiro atoms. The average Bonchev–Trinajstić information content (AvgIpc) is 3.92. The van der Waals surface area contributed by atoms with Crippen molar-refractivity contribution in [3.8, 4) is 11.1 Å². The van der Waals surface area contributed by atoms with E-state index in [1.165, 1.54) is 25.5 Å². The fourth-order valence-electron chi connectivity index (χ4n) is 7.98. The van der Waals surface area contributed by atoms with Crippen LogP contribution < -0.4 is 25.2 Å². The van der Waals surface area contributed by atoms with Crippen LogP contribution in [-0.2, 0) is 24.6 Å². The van der Waals surface area contributed by atoms with Crippen LogP contribution in [0.5, 0.6) is 0 Å². The van der Waals surface area contributed by atoms with E-state index in [2.05, 4.69) is 35.3 Å². The Morgan fingerprint density at radius 2 is 1.65 bits per heavy atom. The summed E-state index contributed by atoms with van der Waals surface area (Å²) in [7, 11) is -2.88. The minimum Gasteiger partial charge on any atom is -0.374 e. The molecule has 63 heavy (non-hydrogen) atoms. The van der Waals surface area contributed by atoms with E-state index in [4.69, 9.17) is 0 Å². The molecule has 0 radical (unpaired) electrons. The number of carbonyl (C=O) groups is 4. The van der Waals surface area contributed by atoms with Gasteiger partial charge in [0.15, 0.2) is 5.82 Å². The van der Waals surface area contributed by atoms with Gasteiger partial charge in [-0.25, -0.2) is 28.1 Å². The van der Waals surface area contributed by atoms with Gasteiger partial charge >= 0.3 is 10.2 Å². The van der Waals surface area contributed by atoms with Crippen molar-refractivity contribution in [1.29, 1.82) is 0 Å². The van der Waals surface area contributed by atoms with Crippen LogP contribution in [0.15, 0.2) is 61.2 Å². The number of nitrogens with zero attached hydrogens (tertiary/aromatic N) is 7. The van der Waals surface area contributed by atoms with Gasteiger partial charge in [0.1, 0.15) is 23.3 Å². The second-order valence-electron chi connectivity index (χ2n) is 15.7. The zero-order valence-electron chi connectivity index (χ0n) is 34.3. The van der Waals surface area contributed by atoms with Gasteiger partial charge in [-0.05, 0) is 55.2 Å². The van der Waals surface area contributed by atoms with Crippen LogP contribution in [0.2, 0.25) is 0 Å². The van der Waals surface area contributed by atoms with Gasteiger partial charge in [0.2, 0.25) is 29.5 Å². The third-order valence-electron chi connectivity index (χ3n) is 11.7. The lowest BCUT2D eigenvalue weighted by Crippen LogP contribution is -2.49. The molecule has 8 rings (SSSR count). The number of rotatable bonds is 13. The number of nitrogens with one attached hydrogen (secondary N) is 4. The number of piperidine rings is 1. The molecule has 17 nitrogen and oxygen atoms in total. The molecule has 2 aromatic carbocycles. The Labute approximate surface area is 360 Å². The summed E-state index contributed by atoms with van der Waals surface area (Å²) in [5.74, 6) is -4.21. The number of ketones is 1. The van der Waals surface area contributed by atoms with E-state index in [1.54, 1.807) is 37.5 Å². The minimum atomic E-state index is -4.16. The molecule has 4 N–H and O–H groups in total. The van der Waals surface area contributed by atoms with Crippen molar-refractivity contribution in [3.05, 3.63) is 89.8 Å². The van der Waals surface area contributed by atoms with E-state index in [0.29, 0.717) is 80.6 Å². The number of fused-ring (bicyclic) bond motifs is 1. The number of benzene rings is 2. The van der Waals surface area contributed by atoms with Gasteiger partial charge in [-0.3, -0.25) is 29.2 Å². The quantitative estimate of drug-likeness (QED) is 0.0977. The number of carbonyl (C=O) groups excluding carboxylic acids is 4. The standard InChI is InChI=1S/C42H44F3N11O6S/c1-3-53(2)63(61,62)52-32-6-5-30(43)37(38(32)45)39(59)29-22-47-40-28(29)17-25(19-46-40)26-20-48-42(49-21-26)55-14-12-54(13-15-55)36(58)16-24-10-11-56(23-24)34-8-4-27(18-31(34)44)50-33-7-9-35(57)51-41(33)60/h4-6,8,17-22,24,33,50,52H,3,7,9-16,23H2,1-2H3,(H,46,47)(H,51,57,60). The molecule has 3 aromatic heterocycles. The summed E-state index contributed by atoms with van der Waals surface area (Å²) in [6, 6.07) is 7.45. The molecule has 2 atom stereocenters. The third-order valence-corrected chi connectivity index (χ3v) is 13.2. The molecule has 21 heteroatoms. The molecule has 0 bridgehead atoms. The number of hydrogen-bond acceptors (Lipinski definition) is 12. The Hall–Kier alpha value is -6.61. The van der Waals surface area contributed by atoms with Gasteiger partial charge in [-0.15, -0.1) is 0 Å². The summed E-state index contributed by atoms with van der Waals surface area (Å²) < 4.78 is 73.9. The smallest absolute Gasteiger partial charge is 0.301 e. The van der Waals surface area contributed by atoms with E-state index in [1.807, 2.05) is 14.7 Å². The molecule has 0 aliphatic carbocycles. The zero-order valence-corrected chi connectivity index (χ0v) is 35.1. The first-order chi connectivity index (χ1) is 30.2. The molecule has 5 aromatic rings. The highest BCUT2D eigenvalue weighted by Gasteiger charge is 2.32. The molecular weight excluding hydrogens is 844 g/mol. The first-order valence-corrected chi connectivity index (χ1v) is 21.9. The number of hydrogen-bond donors (Lipinski definition) is 4. The normalized spacial score (nSPS) is 18.3. The number of amides is 3. The molecule has 3 fully saturated rings. The lowest BCUT2D eigenvalue weighted by atomic mass is 10.0. The molecule has 3 aliphatic rings. The van der Waals surface area contributed by atoms with Gasteiger partial charge in [0.05, 0.1) is 16.9 Å². The van der Waals surface area contributed by atoms with Crippen molar-refractivity contribution in [1.82, 2.24) is 34.5 Å². The maximum absolute atomic E-state index is 15.6. The summed E-state index contributed by atoms with van der Waals surface area (Å²) in [5.41, 5.74) is 0.636. The van der Waals surface area contributed by atoms with E-state index < -0.39 is 56.6 Å². The van der Waals surface area contributed by atoms with E-state index in [0.717, 1.165) is 22.9 Å².